The molecule has 1 nitrogen and oxygen atoms in total. The quantitative estimate of drug-likeness (QED) is 0.493. The molecule has 2 aliphatic rings. The molecular weight excluding hydrogens is 342 g/mol. The zero-order valence-corrected chi connectivity index (χ0v) is 18.4. The predicted octanol–water partition coefficient (Wildman–Crippen LogP) is 6.88. The van der Waals surface area contributed by atoms with Gasteiger partial charge in [0, 0.05) is 10.8 Å². The summed E-state index contributed by atoms with van der Waals surface area (Å²) in [6, 6.07) is 9.56. The molecular formula is C22H36OP2. The highest BCUT2D eigenvalue weighted by atomic mass is 31.1. The third kappa shape index (κ3) is 3.41. The van der Waals surface area contributed by atoms with E-state index in [-0.39, 0.29) is 13.1 Å². The molecule has 0 saturated carbocycles. The average molecular weight is 378 g/mol. The van der Waals surface area contributed by atoms with Crippen molar-refractivity contribution in [3.63, 3.8) is 0 Å². The molecule has 3 rings (SSSR count). The Morgan fingerprint density at radius 1 is 0.960 bits per heavy atom. The summed E-state index contributed by atoms with van der Waals surface area (Å²) in [6.07, 6.45) is 9.91. The van der Waals surface area contributed by atoms with Crippen molar-refractivity contribution >= 4 is 21.0 Å². The van der Waals surface area contributed by atoms with Crippen molar-refractivity contribution in [2.45, 2.75) is 101 Å². The fraction of sp³-hybridized carbons (Fsp3) is 0.727. The SMILES string of the molecule is CC[C@H]1CC[C@H](CC)P1c1ccc([C@@]2(CC)CC[C@H](CC)[PH]2=O)cc1. The Morgan fingerprint density at radius 3 is 2.00 bits per heavy atom. The predicted molar refractivity (Wildman–Crippen MR) is 115 cm³/mol. The lowest BCUT2D eigenvalue weighted by molar-refractivity contribution is 0.521. The van der Waals surface area contributed by atoms with Gasteiger partial charge in [-0.2, -0.15) is 0 Å². The summed E-state index contributed by atoms with van der Waals surface area (Å²) in [7, 11) is -1.56. The fourth-order valence-electron chi connectivity index (χ4n) is 5.43. The summed E-state index contributed by atoms with van der Waals surface area (Å²) in [5.41, 5.74) is 3.67. The highest BCUT2D eigenvalue weighted by Crippen LogP contribution is 2.63. The van der Waals surface area contributed by atoms with Crippen LogP contribution in [0.4, 0.5) is 0 Å². The maximum absolute atomic E-state index is 13.2. The monoisotopic (exact) mass is 378 g/mol. The molecule has 2 heterocycles. The highest BCUT2D eigenvalue weighted by Gasteiger charge is 2.45. The van der Waals surface area contributed by atoms with Crippen molar-refractivity contribution < 1.29 is 4.57 Å². The van der Waals surface area contributed by atoms with Crippen molar-refractivity contribution in [2.24, 2.45) is 0 Å². The molecule has 0 radical (unpaired) electrons. The van der Waals surface area contributed by atoms with Crippen LogP contribution in [0.2, 0.25) is 0 Å². The zero-order chi connectivity index (χ0) is 18.0. The summed E-state index contributed by atoms with van der Waals surface area (Å²) < 4.78 is 13.2. The van der Waals surface area contributed by atoms with Gasteiger partial charge in [-0.15, -0.1) is 0 Å². The zero-order valence-electron chi connectivity index (χ0n) is 16.6. The minimum absolute atomic E-state index is 0.00548. The van der Waals surface area contributed by atoms with Gasteiger partial charge in [0.25, 0.3) is 0 Å². The van der Waals surface area contributed by atoms with Crippen LogP contribution >= 0.6 is 15.7 Å². The largest absolute Gasteiger partial charge is 0.326 e. The molecule has 140 valence electrons. The number of hydrogen-bond acceptors (Lipinski definition) is 1. The first-order chi connectivity index (χ1) is 12.1. The Balaban J connectivity index is 1.88. The summed E-state index contributed by atoms with van der Waals surface area (Å²) in [5.74, 6) is 0. The van der Waals surface area contributed by atoms with Crippen molar-refractivity contribution in [2.75, 3.05) is 0 Å². The van der Waals surface area contributed by atoms with Crippen LogP contribution in [0.25, 0.3) is 0 Å². The Kier molecular flexibility index (Phi) is 6.50. The molecule has 0 bridgehead atoms. The van der Waals surface area contributed by atoms with Crippen LogP contribution in [0.1, 0.15) is 84.6 Å². The maximum atomic E-state index is 13.2. The summed E-state index contributed by atoms with van der Waals surface area (Å²) in [5, 5.41) is 1.59. The van der Waals surface area contributed by atoms with Gasteiger partial charge in [-0.25, -0.2) is 0 Å². The van der Waals surface area contributed by atoms with Crippen LogP contribution in [-0.4, -0.2) is 17.0 Å². The van der Waals surface area contributed by atoms with E-state index in [1.807, 2.05) is 0 Å². The van der Waals surface area contributed by atoms with Gasteiger partial charge in [0.05, 0.1) is 7.80 Å². The minimum atomic E-state index is -1.55. The molecule has 0 aliphatic carbocycles. The normalized spacial score (nSPS) is 36.2. The number of rotatable bonds is 6. The number of hydrogen-bond donors (Lipinski definition) is 0. The van der Waals surface area contributed by atoms with Crippen molar-refractivity contribution in [3.05, 3.63) is 29.8 Å². The third-order valence-corrected chi connectivity index (χ3v) is 14.1. The van der Waals surface area contributed by atoms with Crippen LogP contribution in [0.15, 0.2) is 24.3 Å². The van der Waals surface area contributed by atoms with E-state index >= 15 is 0 Å². The van der Waals surface area contributed by atoms with Gasteiger partial charge in [-0.3, -0.25) is 0 Å². The van der Waals surface area contributed by atoms with E-state index in [9.17, 15) is 4.57 Å². The van der Waals surface area contributed by atoms with Crippen LogP contribution in [-0.2, 0) is 9.72 Å². The van der Waals surface area contributed by atoms with Gasteiger partial charge < -0.3 is 4.57 Å². The molecule has 1 aromatic rings. The van der Waals surface area contributed by atoms with E-state index in [1.54, 1.807) is 5.30 Å². The standard InChI is InChI=1S/C22H36OP2/c1-5-18-13-14-19(6-2)24(18)21-11-9-17(10-12-21)22(8-4)16-15-20(7-3)25(22)23/h9-12,18-20,25H,5-8,13-16H2,1-4H3/t18-,19-,20-,22+/m0/s1. The Morgan fingerprint density at radius 2 is 1.56 bits per heavy atom. The minimum Gasteiger partial charge on any atom is -0.326 e. The second kappa shape index (κ2) is 8.27. The second-order valence-corrected chi connectivity index (χ2v) is 13.4. The molecule has 1 aromatic carbocycles. The van der Waals surface area contributed by atoms with Gasteiger partial charge in [-0.05, 0) is 73.6 Å². The Labute approximate surface area is 156 Å². The van der Waals surface area contributed by atoms with E-state index in [2.05, 4.69) is 52.0 Å². The molecule has 0 aromatic heterocycles. The van der Waals surface area contributed by atoms with E-state index < -0.39 is 7.80 Å². The van der Waals surface area contributed by atoms with Crippen LogP contribution in [0.5, 0.6) is 0 Å². The van der Waals surface area contributed by atoms with Gasteiger partial charge in [0.1, 0.15) is 0 Å². The molecule has 0 amide bonds. The van der Waals surface area contributed by atoms with Gasteiger partial charge in [0.2, 0.25) is 0 Å². The molecule has 2 aliphatic heterocycles. The summed E-state index contributed by atoms with van der Waals surface area (Å²) in [4.78, 5) is 0. The maximum Gasteiger partial charge on any atom is 0.0891 e. The molecule has 0 N–H and O–H groups in total. The molecule has 3 heteroatoms. The first-order valence-electron chi connectivity index (χ1n) is 10.5. The molecule has 5 atom stereocenters. The fourth-order valence-corrected chi connectivity index (χ4v) is 11.8. The van der Waals surface area contributed by atoms with Crippen LogP contribution < -0.4 is 5.30 Å². The Hall–Kier alpha value is -0.120. The molecule has 2 saturated heterocycles. The molecule has 0 spiro atoms. The molecule has 1 unspecified atom stereocenters. The molecule has 25 heavy (non-hydrogen) atoms. The van der Waals surface area contributed by atoms with Crippen molar-refractivity contribution in [1.82, 2.24) is 0 Å². The van der Waals surface area contributed by atoms with Gasteiger partial charge in [0.15, 0.2) is 0 Å². The topological polar surface area (TPSA) is 17.1 Å². The first kappa shape index (κ1) is 19.6. The summed E-state index contributed by atoms with van der Waals surface area (Å²) >= 11 is 0. The first-order valence-corrected chi connectivity index (χ1v) is 13.5. The molecule has 2 fully saturated rings. The lowest BCUT2D eigenvalue weighted by Gasteiger charge is -2.30. The Bertz CT molecular complexity index is 585. The second-order valence-electron chi connectivity index (χ2n) is 8.10. The van der Waals surface area contributed by atoms with E-state index in [0.717, 1.165) is 37.0 Å². The third-order valence-electron chi connectivity index (χ3n) is 7.14. The average Bonchev–Trinajstić information content (AvgIpc) is 3.22. The van der Waals surface area contributed by atoms with E-state index in [4.69, 9.17) is 0 Å². The lowest BCUT2D eigenvalue weighted by atomic mass is 9.90. The smallest absolute Gasteiger partial charge is 0.0891 e. The lowest BCUT2D eigenvalue weighted by Crippen LogP contribution is -2.19. The van der Waals surface area contributed by atoms with Crippen LogP contribution in [0.3, 0.4) is 0 Å². The van der Waals surface area contributed by atoms with Crippen LogP contribution in [0, 0.1) is 0 Å². The van der Waals surface area contributed by atoms with Crippen molar-refractivity contribution in [1.29, 1.82) is 0 Å². The number of benzene rings is 1. The van der Waals surface area contributed by atoms with Gasteiger partial charge >= 0.3 is 0 Å². The summed E-state index contributed by atoms with van der Waals surface area (Å²) in [6.45, 7) is 9.19. The highest BCUT2D eigenvalue weighted by molar-refractivity contribution is 7.67. The van der Waals surface area contributed by atoms with Gasteiger partial charge in [-0.1, -0.05) is 59.9 Å². The van der Waals surface area contributed by atoms with Crippen molar-refractivity contribution in [3.8, 4) is 0 Å². The van der Waals surface area contributed by atoms with E-state index in [0.29, 0.717) is 5.66 Å². The van der Waals surface area contributed by atoms with E-state index in [1.165, 1.54) is 31.2 Å².